The smallest absolute Gasteiger partial charge is 0.100 e. The van der Waals surface area contributed by atoms with Crippen LogP contribution in [0.2, 0.25) is 0 Å². The van der Waals surface area contributed by atoms with Crippen molar-refractivity contribution in [2.45, 2.75) is 34.1 Å². The van der Waals surface area contributed by atoms with Crippen LogP contribution >= 0.6 is 0 Å². The highest BCUT2D eigenvalue weighted by molar-refractivity contribution is 5.25. The van der Waals surface area contributed by atoms with Crippen LogP contribution < -0.4 is 0 Å². The molecule has 1 unspecified atom stereocenters. The predicted molar refractivity (Wildman–Crippen MR) is 61.8 cm³/mol. The molecule has 80 valence electrons. The maximum absolute atomic E-state index is 13.2. The normalized spacial score (nSPS) is 15.9. The van der Waals surface area contributed by atoms with E-state index in [-0.39, 0.29) is 11.7 Å². The third-order valence-corrected chi connectivity index (χ3v) is 2.17. The molecular weight excluding hydrogens is 175 g/mol. The van der Waals surface area contributed by atoms with Gasteiger partial charge in [0.1, 0.15) is 5.83 Å². The third-order valence-electron chi connectivity index (χ3n) is 2.17. The van der Waals surface area contributed by atoms with E-state index in [0.717, 1.165) is 12.0 Å². The van der Waals surface area contributed by atoms with E-state index in [1.165, 1.54) is 6.92 Å². The molecule has 0 aromatic carbocycles. The maximum atomic E-state index is 13.2. The van der Waals surface area contributed by atoms with Gasteiger partial charge in [0, 0.05) is 0 Å². The highest BCUT2D eigenvalue weighted by atomic mass is 19.1. The molecule has 0 saturated heterocycles. The predicted octanol–water partition coefficient (Wildman–Crippen LogP) is 4.65. The van der Waals surface area contributed by atoms with Gasteiger partial charge in [-0.05, 0) is 30.8 Å². The van der Waals surface area contributed by atoms with Crippen LogP contribution in [0.3, 0.4) is 0 Å². The van der Waals surface area contributed by atoms with Crippen LogP contribution in [0.4, 0.5) is 4.39 Å². The van der Waals surface area contributed by atoms with Gasteiger partial charge in [-0.15, -0.1) is 0 Å². The summed E-state index contributed by atoms with van der Waals surface area (Å²) in [5, 5.41) is 0. The second-order valence-corrected chi connectivity index (χ2v) is 4.11. The molecule has 0 aromatic rings. The van der Waals surface area contributed by atoms with Crippen LogP contribution in [0.1, 0.15) is 34.1 Å². The quantitative estimate of drug-likeness (QED) is 0.561. The van der Waals surface area contributed by atoms with Gasteiger partial charge in [-0.1, -0.05) is 45.6 Å². The first-order valence-electron chi connectivity index (χ1n) is 5.14. The van der Waals surface area contributed by atoms with Gasteiger partial charge < -0.3 is 0 Å². The fourth-order valence-electron chi connectivity index (χ4n) is 1.62. The Balaban J connectivity index is 4.59. The third kappa shape index (κ3) is 5.00. The van der Waals surface area contributed by atoms with Crippen LogP contribution in [0, 0.1) is 11.8 Å². The highest BCUT2D eigenvalue weighted by Gasteiger charge is 2.11. The first kappa shape index (κ1) is 13.2. The summed E-state index contributed by atoms with van der Waals surface area (Å²) in [6.07, 6.45) is 6.29. The van der Waals surface area contributed by atoms with Gasteiger partial charge >= 0.3 is 0 Å². The van der Waals surface area contributed by atoms with Crippen molar-refractivity contribution in [1.29, 1.82) is 0 Å². The fourth-order valence-corrected chi connectivity index (χ4v) is 1.62. The van der Waals surface area contributed by atoms with Crippen molar-refractivity contribution in [1.82, 2.24) is 0 Å². The molecular formula is C13H21F. The zero-order chi connectivity index (χ0) is 11.1. The van der Waals surface area contributed by atoms with Gasteiger partial charge in [-0.3, -0.25) is 0 Å². The number of halogens is 1. The summed E-state index contributed by atoms with van der Waals surface area (Å²) in [6.45, 7) is 11.5. The monoisotopic (exact) mass is 196 g/mol. The average Bonchev–Trinajstić information content (AvgIpc) is 2.02. The van der Waals surface area contributed by atoms with Crippen LogP contribution in [0.25, 0.3) is 0 Å². The first-order valence-corrected chi connectivity index (χ1v) is 5.14. The SMILES string of the molecule is C=C/C=C\C(=C(/C)F)C(C)CC(C)C. The molecule has 0 fully saturated rings. The van der Waals surface area contributed by atoms with E-state index in [0.29, 0.717) is 5.92 Å². The lowest BCUT2D eigenvalue weighted by atomic mass is 9.91. The van der Waals surface area contributed by atoms with E-state index < -0.39 is 0 Å². The summed E-state index contributed by atoms with van der Waals surface area (Å²) in [7, 11) is 0. The molecule has 1 atom stereocenters. The molecule has 0 radical (unpaired) electrons. The molecule has 0 aromatic heterocycles. The van der Waals surface area contributed by atoms with E-state index in [1.807, 2.05) is 6.08 Å². The Bertz CT molecular complexity index is 230. The standard InChI is InChI=1S/C13H21F/c1-6-7-8-13(12(5)14)11(4)9-10(2)3/h6-8,10-11H,1,9H2,2-5H3/b8-7-,13-12-. The van der Waals surface area contributed by atoms with E-state index in [4.69, 9.17) is 0 Å². The van der Waals surface area contributed by atoms with Crippen molar-refractivity contribution in [2.75, 3.05) is 0 Å². The Morgan fingerprint density at radius 2 is 1.93 bits per heavy atom. The largest absolute Gasteiger partial charge is 0.212 e. The summed E-state index contributed by atoms with van der Waals surface area (Å²) in [5.74, 6) is 0.781. The summed E-state index contributed by atoms with van der Waals surface area (Å²) in [6, 6.07) is 0. The van der Waals surface area contributed by atoms with E-state index >= 15 is 0 Å². The molecule has 0 aliphatic rings. The minimum atomic E-state index is -0.0868. The highest BCUT2D eigenvalue weighted by Crippen LogP contribution is 2.24. The summed E-state index contributed by atoms with van der Waals surface area (Å²) < 4.78 is 13.2. The second-order valence-electron chi connectivity index (χ2n) is 4.11. The van der Waals surface area contributed by atoms with E-state index in [2.05, 4.69) is 27.4 Å². The van der Waals surface area contributed by atoms with Crippen molar-refractivity contribution in [3.8, 4) is 0 Å². The van der Waals surface area contributed by atoms with Gasteiger partial charge in [0.15, 0.2) is 0 Å². The van der Waals surface area contributed by atoms with Crippen LogP contribution in [-0.2, 0) is 0 Å². The molecule has 0 bridgehead atoms. The topological polar surface area (TPSA) is 0 Å². The van der Waals surface area contributed by atoms with Crippen molar-refractivity contribution < 1.29 is 4.39 Å². The minimum Gasteiger partial charge on any atom is -0.212 e. The fraction of sp³-hybridized carbons (Fsp3) is 0.538. The van der Waals surface area contributed by atoms with Crippen molar-refractivity contribution in [2.24, 2.45) is 11.8 Å². The number of rotatable bonds is 5. The molecule has 0 amide bonds. The van der Waals surface area contributed by atoms with Gasteiger partial charge in [-0.25, -0.2) is 4.39 Å². The molecule has 0 rings (SSSR count). The number of hydrogen-bond acceptors (Lipinski definition) is 0. The molecule has 1 heteroatoms. The number of allylic oxidation sites excluding steroid dienone is 5. The van der Waals surface area contributed by atoms with Gasteiger partial charge in [0.25, 0.3) is 0 Å². The second kappa shape index (κ2) is 6.58. The first-order chi connectivity index (χ1) is 6.49. The molecule has 0 aliphatic carbocycles. The lowest BCUT2D eigenvalue weighted by Crippen LogP contribution is -2.03. The Morgan fingerprint density at radius 1 is 1.36 bits per heavy atom. The van der Waals surface area contributed by atoms with Crippen LogP contribution in [-0.4, -0.2) is 0 Å². The molecule has 0 saturated carbocycles. The van der Waals surface area contributed by atoms with Crippen LogP contribution in [0.5, 0.6) is 0 Å². The molecule has 0 heterocycles. The Morgan fingerprint density at radius 3 is 2.29 bits per heavy atom. The van der Waals surface area contributed by atoms with Crippen molar-refractivity contribution in [3.63, 3.8) is 0 Å². The Hall–Kier alpha value is -0.850. The Labute approximate surface area is 87.2 Å². The average molecular weight is 196 g/mol. The summed E-state index contributed by atoms with van der Waals surface area (Å²) in [4.78, 5) is 0. The van der Waals surface area contributed by atoms with Crippen LogP contribution in [0.15, 0.2) is 36.2 Å². The molecule has 0 aliphatic heterocycles. The van der Waals surface area contributed by atoms with Gasteiger partial charge in [-0.2, -0.15) is 0 Å². The maximum Gasteiger partial charge on any atom is 0.100 e. The molecule has 14 heavy (non-hydrogen) atoms. The van der Waals surface area contributed by atoms with Gasteiger partial charge in [0.2, 0.25) is 0 Å². The van der Waals surface area contributed by atoms with Gasteiger partial charge in [0.05, 0.1) is 0 Å². The molecule has 0 nitrogen and oxygen atoms in total. The van der Waals surface area contributed by atoms with Crippen molar-refractivity contribution >= 4 is 0 Å². The zero-order valence-electron chi connectivity index (χ0n) is 9.68. The zero-order valence-corrected chi connectivity index (χ0v) is 9.68. The lowest BCUT2D eigenvalue weighted by molar-refractivity contribution is 0.477. The minimum absolute atomic E-state index is 0.0868. The molecule has 0 spiro atoms. The summed E-state index contributed by atoms with van der Waals surface area (Å²) in [5.41, 5.74) is 0.790. The van der Waals surface area contributed by atoms with E-state index in [9.17, 15) is 4.39 Å². The van der Waals surface area contributed by atoms with E-state index in [1.54, 1.807) is 12.2 Å². The van der Waals surface area contributed by atoms with Crippen molar-refractivity contribution in [3.05, 3.63) is 36.2 Å². The molecule has 0 N–H and O–H groups in total. The number of hydrogen-bond donors (Lipinski definition) is 0. The summed E-state index contributed by atoms with van der Waals surface area (Å²) >= 11 is 0. The lowest BCUT2D eigenvalue weighted by Gasteiger charge is -2.15. The Kier molecular flexibility index (Phi) is 6.18.